The molecule has 1 aliphatic carbocycles. The summed E-state index contributed by atoms with van der Waals surface area (Å²) >= 11 is 0. The molecule has 5 N–H and O–H groups in total. The van der Waals surface area contributed by atoms with Crippen molar-refractivity contribution in [2.75, 3.05) is 0 Å². The van der Waals surface area contributed by atoms with E-state index >= 15 is 0 Å². The molecule has 0 heterocycles. The van der Waals surface area contributed by atoms with Crippen LogP contribution in [-0.2, 0) is 0 Å². The summed E-state index contributed by atoms with van der Waals surface area (Å²) in [6, 6.07) is -0.401. The minimum Gasteiger partial charge on any atom is -0.393 e. The van der Waals surface area contributed by atoms with Crippen molar-refractivity contribution in [1.29, 1.82) is 0 Å². The molecular formula is C7H15NO3. The fourth-order valence-corrected chi connectivity index (χ4v) is 1.38. The minimum absolute atomic E-state index is 0.231. The van der Waals surface area contributed by atoms with Crippen LogP contribution in [0.3, 0.4) is 0 Å². The SMILES string of the molecule is N[C@H]1CC[C@@H](O)C[C@@H](O)[C@@H]1O. The quantitative estimate of drug-likeness (QED) is 0.328. The average Bonchev–Trinajstić information content (AvgIpc) is 2.05. The summed E-state index contributed by atoms with van der Waals surface area (Å²) in [6.45, 7) is 0. The number of hydrogen-bond acceptors (Lipinski definition) is 4. The smallest absolute Gasteiger partial charge is 0.0950 e. The molecule has 11 heavy (non-hydrogen) atoms. The van der Waals surface area contributed by atoms with Crippen molar-refractivity contribution in [2.24, 2.45) is 5.73 Å². The average molecular weight is 161 g/mol. The second-order valence-corrected chi connectivity index (χ2v) is 3.19. The molecule has 0 unspecified atom stereocenters. The number of aliphatic hydroxyl groups is 3. The molecule has 0 bridgehead atoms. The molecule has 0 aromatic carbocycles. The summed E-state index contributed by atoms with van der Waals surface area (Å²) in [7, 11) is 0. The summed E-state index contributed by atoms with van der Waals surface area (Å²) in [5.74, 6) is 0. The van der Waals surface area contributed by atoms with Gasteiger partial charge in [-0.05, 0) is 12.8 Å². The highest BCUT2D eigenvalue weighted by Crippen LogP contribution is 2.17. The lowest BCUT2D eigenvalue weighted by Crippen LogP contribution is -2.41. The van der Waals surface area contributed by atoms with Gasteiger partial charge in [-0.15, -0.1) is 0 Å². The van der Waals surface area contributed by atoms with E-state index in [0.29, 0.717) is 12.8 Å². The Labute approximate surface area is 65.6 Å². The van der Waals surface area contributed by atoms with Crippen molar-refractivity contribution in [3.8, 4) is 0 Å². The highest BCUT2D eigenvalue weighted by Gasteiger charge is 2.29. The summed E-state index contributed by atoms with van der Waals surface area (Å²) in [5, 5.41) is 27.6. The Bertz CT molecular complexity index is 131. The van der Waals surface area contributed by atoms with Crippen LogP contribution in [0.2, 0.25) is 0 Å². The predicted octanol–water partition coefficient (Wildman–Crippen LogP) is -1.42. The molecule has 0 amide bonds. The van der Waals surface area contributed by atoms with Gasteiger partial charge in [0.2, 0.25) is 0 Å². The molecule has 4 heteroatoms. The van der Waals surface area contributed by atoms with Crippen molar-refractivity contribution in [2.45, 2.75) is 43.6 Å². The Morgan fingerprint density at radius 2 is 1.73 bits per heavy atom. The minimum atomic E-state index is -0.882. The molecule has 1 rings (SSSR count). The summed E-state index contributed by atoms with van der Waals surface area (Å²) < 4.78 is 0. The van der Waals surface area contributed by atoms with Gasteiger partial charge in [0.05, 0.1) is 18.3 Å². The zero-order chi connectivity index (χ0) is 8.43. The third-order valence-electron chi connectivity index (χ3n) is 2.18. The van der Waals surface area contributed by atoms with Crippen LogP contribution in [0.15, 0.2) is 0 Å². The molecule has 0 aliphatic heterocycles. The van der Waals surface area contributed by atoms with E-state index in [1.807, 2.05) is 0 Å². The van der Waals surface area contributed by atoms with Gasteiger partial charge in [0.15, 0.2) is 0 Å². The zero-order valence-electron chi connectivity index (χ0n) is 6.35. The second-order valence-electron chi connectivity index (χ2n) is 3.19. The first-order valence-electron chi connectivity index (χ1n) is 3.91. The maximum Gasteiger partial charge on any atom is 0.0950 e. The molecule has 1 saturated carbocycles. The molecule has 0 spiro atoms. The van der Waals surface area contributed by atoms with Gasteiger partial charge in [0.1, 0.15) is 0 Å². The van der Waals surface area contributed by atoms with Crippen LogP contribution < -0.4 is 5.73 Å². The maximum atomic E-state index is 9.26. The normalized spacial score (nSPS) is 46.9. The highest BCUT2D eigenvalue weighted by atomic mass is 16.3. The van der Waals surface area contributed by atoms with E-state index in [0.717, 1.165) is 0 Å². The molecular weight excluding hydrogens is 146 g/mol. The Morgan fingerprint density at radius 1 is 1.09 bits per heavy atom. The van der Waals surface area contributed by atoms with Gasteiger partial charge in [-0.25, -0.2) is 0 Å². The van der Waals surface area contributed by atoms with Crippen LogP contribution in [0.5, 0.6) is 0 Å². The van der Waals surface area contributed by atoms with Crippen LogP contribution in [-0.4, -0.2) is 39.7 Å². The van der Waals surface area contributed by atoms with E-state index in [2.05, 4.69) is 0 Å². The van der Waals surface area contributed by atoms with Crippen molar-refractivity contribution in [3.05, 3.63) is 0 Å². The predicted molar refractivity (Wildman–Crippen MR) is 39.8 cm³/mol. The van der Waals surface area contributed by atoms with Crippen LogP contribution in [0.4, 0.5) is 0 Å². The standard InChI is InChI=1S/C7H15NO3/c8-5-2-1-4(9)3-6(10)7(5)11/h4-7,9-11H,1-3,8H2/t4-,5+,6-,7-/m1/s1. The Hall–Kier alpha value is -0.160. The first-order valence-corrected chi connectivity index (χ1v) is 3.91. The molecule has 1 aliphatic rings. The van der Waals surface area contributed by atoms with Gasteiger partial charge in [-0.2, -0.15) is 0 Å². The van der Waals surface area contributed by atoms with E-state index in [4.69, 9.17) is 10.8 Å². The molecule has 4 nitrogen and oxygen atoms in total. The molecule has 0 aromatic rings. The molecule has 0 radical (unpaired) electrons. The fraction of sp³-hybridized carbons (Fsp3) is 1.00. The van der Waals surface area contributed by atoms with E-state index in [9.17, 15) is 10.2 Å². The van der Waals surface area contributed by atoms with Crippen LogP contribution in [0, 0.1) is 0 Å². The van der Waals surface area contributed by atoms with Gasteiger partial charge < -0.3 is 21.1 Å². The lowest BCUT2D eigenvalue weighted by molar-refractivity contribution is -0.00867. The van der Waals surface area contributed by atoms with Crippen molar-refractivity contribution in [3.63, 3.8) is 0 Å². The van der Waals surface area contributed by atoms with Crippen LogP contribution in [0.1, 0.15) is 19.3 Å². The number of hydrogen-bond donors (Lipinski definition) is 4. The third-order valence-corrected chi connectivity index (χ3v) is 2.18. The lowest BCUT2D eigenvalue weighted by Gasteiger charge is -2.19. The first-order chi connectivity index (χ1) is 5.11. The van der Waals surface area contributed by atoms with Crippen molar-refractivity contribution >= 4 is 0 Å². The number of nitrogens with two attached hydrogens (primary N) is 1. The highest BCUT2D eigenvalue weighted by molar-refractivity contribution is 4.84. The van der Waals surface area contributed by atoms with Gasteiger partial charge in [-0.1, -0.05) is 0 Å². The Morgan fingerprint density at radius 3 is 2.36 bits per heavy atom. The monoisotopic (exact) mass is 161 g/mol. The molecule has 4 atom stereocenters. The zero-order valence-corrected chi connectivity index (χ0v) is 6.35. The largest absolute Gasteiger partial charge is 0.393 e. The fourth-order valence-electron chi connectivity index (χ4n) is 1.38. The molecule has 1 fully saturated rings. The summed E-state index contributed by atoms with van der Waals surface area (Å²) in [6.07, 6.45) is -0.911. The van der Waals surface area contributed by atoms with Crippen molar-refractivity contribution < 1.29 is 15.3 Å². The molecule has 0 saturated heterocycles. The topological polar surface area (TPSA) is 86.7 Å². The van der Waals surface area contributed by atoms with Crippen molar-refractivity contribution in [1.82, 2.24) is 0 Å². The second kappa shape index (κ2) is 3.49. The molecule has 0 aromatic heterocycles. The Kier molecular flexibility index (Phi) is 2.84. The van der Waals surface area contributed by atoms with Gasteiger partial charge >= 0.3 is 0 Å². The maximum absolute atomic E-state index is 9.26. The van der Waals surface area contributed by atoms with Gasteiger partial charge in [0.25, 0.3) is 0 Å². The van der Waals surface area contributed by atoms with E-state index in [-0.39, 0.29) is 6.42 Å². The van der Waals surface area contributed by atoms with E-state index in [1.54, 1.807) is 0 Å². The first kappa shape index (κ1) is 8.93. The van der Waals surface area contributed by atoms with Crippen LogP contribution >= 0.6 is 0 Å². The summed E-state index contributed by atoms with van der Waals surface area (Å²) in [5.41, 5.74) is 5.51. The Balaban J connectivity index is 2.53. The van der Waals surface area contributed by atoms with Crippen LogP contribution in [0.25, 0.3) is 0 Å². The van der Waals surface area contributed by atoms with E-state index in [1.165, 1.54) is 0 Å². The van der Waals surface area contributed by atoms with E-state index < -0.39 is 24.4 Å². The molecule has 66 valence electrons. The number of rotatable bonds is 0. The number of aliphatic hydroxyl groups excluding tert-OH is 3. The van der Waals surface area contributed by atoms with Gasteiger partial charge in [0, 0.05) is 12.5 Å². The third kappa shape index (κ3) is 2.13. The lowest BCUT2D eigenvalue weighted by atomic mass is 10.1. The summed E-state index contributed by atoms with van der Waals surface area (Å²) in [4.78, 5) is 0. The van der Waals surface area contributed by atoms with Gasteiger partial charge in [-0.3, -0.25) is 0 Å².